The summed E-state index contributed by atoms with van der Waals surface area (Å²) in [4.78, 5) is 3.06. The number of nitriles is 3. The zero-order valence-electron chi connectivity index (χ0n) is 10.4. The SMILES string of the molecule is N#C/C(=C\c1ccc2[nH]ccc2c1)C(=N)C(C#N)C#N. The highest BCUT2D eigenvalue weighted by Gasteiger charge is 2.17. The van der Waals surface area contributed by atoms with Crippen LogP contribution in [-0.4, -0.2) is 10.7 Å². The van der Waals surface area contributed by atoms with Crippen LogP contribution in [0.2, 0.25) is 0 Å². The summed E-state index contributed by atoms with van der Waals surface area (Å²) in [5.74, 6) is -1.23. The molecule has 5 nitrogen and oxygen atoms in total. The Morgan fingerprint density at radius 1 is 1.20 bits per heavy atom. The van der Waals surface area contributed by atoms with Gasteiger partial charge in [0.25, 0.3) is 0 Å². The van der Waals surface area contributed by atoms with Crippen LogP contribution >= 0.6 is 0 Å². The number of aromatic amines is 1. The molecule has 2 N–H and O–H groups in total. The summed E-state index contributed by atoms with van der Waals surface area (Å²) in [6.07, 6.45) is 3.32. The summed E-state index contributed by atoms with van der Waals surface area (Å²) in [7, 11) is 0. The first-order chi connectivity index (χ1) is 9.69. The van der Waals surface area contributed by atoms with Crippen LogP contribution in [0.15, 0.2) is 36.0 Å². The third-order valence-electron chi connectivity index (χ3n) is 2.85. The number of allylic oxidation sites excluding steroid dienone is 1. The third kappa shape index (κ3) is 2.41. The van der Waals surface area contributed by atoms with E-state index in [1.54, 1.807) is 18.2 Å². The zero-order chi connectivity index (χ0) is 14.5. The van der Waals surface area contributed by atoms with Gasteiger partial charge in [-0.3, -0.25) is 0 Å². The molecule has 1 aromatic carbocycles. The van der Waals surface area contributed by atoms with Crippen molar-refractivity contribution in [3.63, 3.8) is 0 Å². The second-order valence-corrected chi connectivity index (χ2v) is 4.10. The average Bonchev–Trinajstić information content (AvgIpc) is 2.93. The maximum atomic E-state index is 9.09. The molecule has 2 rings (SSSR count). The molecule has 0 spiro atoms. The minimum Gasteiger partial charge on any atom is -0.361 e. The lowest BCUT2D eigenvalue weighted by molar-refractivity contribution is 1.13. The Balaban J connectivity index is 2.41. The van der Waals surface area contributed by atoms with Crippen molar-refractivity contribution in [1.82, 2.24) is 4.98 Å². The fourth-order valence-corrected chi connectivity index (χ4v) is 1.81. The van der Waals surface area contributed by atoms with Crippen molar-refractivity contribution < 1.29 is 0 Å². The molecule has 0 aliphatic rings. The van der Waals surface area contributed by atoms with Gasteiger partial charge in [-0.1, -0.05) is 6.07 Å². The molecule has 0 unspecified atom stereocenters. The molecular weight excluding hydrogens is 250 g/mol. The highest BCUT2D eigenvalue weighted by atomic mass is 14.7. The maximum absolute atomic E-state index is 9.09. The summed E-state index contributed by atoms with van der Waals surface area (Å²) >= 11 is 0. The lowest BCUT2D eigenvalue weighted by Gasteiger charge is -2.02. The summed E-state index contributed by atoms with van der Waals surface area (Å²) in [5.41, 5.74) is 1.47. The topological polar surface area (TPSA) is 111 Å². The van der Waals surface area contributed by atoms with E-state index in [9.17, 15) is 0 Å². The summed E-state index contributed by atoms with van der Waals surface area (Å²) in [6, 6.07) is 12.7. The molecule has 0 amide bonds. The smallest absolute Gasteiger partial charge is 0.175 e. The lowest BCUT2D eigenvalue weighted by Crippen LogP contribution is -2.11. The predicted molar refractivity (Wildman–Crippen MR) is 74.3 cm³/mol. The molecule has 1 heterocycles. The van der Waals surface area contributed by atoms with E-state index in [0.717, 1.165) is 16.5 Å². The van der Waals surface area contributed by atoms with Crippen LogP contribution in [0.25, 0.3) is 17.0 Å². The summed E-state index contributed by atoms with van der Waals surface area (Å²) in [6.45, 7) is 0. The van der Waals surface area contributed by atoms with Crippen molar-refractivity contribution in [2.75, 3.05) is 0 Å². The molecule has 0 saturated carbocycles. The van der Waals surface area contributed by atoms with Crippen molar-refractivity contribution >= 4 is 22.7 Å². The average molecular weight is 259 g/mol. The normalized spacial score (nSPS) is 10.8. The molecule has 0 bridgehead atoms. The largest absolute Gasteiger partial charge is 0.361 e. The number of nitrogens with one attached hydrogen (secondary N) is 2. The molecule has 20 heavy (non-hydrogen) atoms. The third-order valence-corrected chi connectivity index (χ3v) is 2.85. The minimum absolute atomic E-state index is 0.0213. The van der Waals surface area contributed by atoms with Gasteiger partial charge in [0.2, 0.25) is 0 Å². The quantitative estimate of drug-likeness (QED) is 0.652. The zero-order valence-corrected chi connectivity index (χ0v) is 10.4. The Morgan fingerprint density at radius 3 is 2.60 bits per heavy atom. The van der Waals surface area contributed by atoms with E-state index >= 15 is 0 Å². The number of hydrogen-bond acceptors (Lipinski definition) is 4. The second kappa shape index (κ2) is 5.52. The first-order valence-electron chi connectivity index (χ1n) is 5.76. The molecule has 0 atom stereocenters. The van der Waals surface area contributed by atoms with E-state index in [4.69, 9.17) is 21.2 Å². The van der Waals surface area contributed by atoms with Gasteiger partial charge >= 0.3 is 0 Å². The summed E-state index contributed by atoms with van der Waals surface area (Å²) in [5, 5.41) is 35.3. The van der Waals surface area contributed by atoms with Crippen LogP contribution in [-0.2, 0) is 0 Å². The molecule has 2 aromatic rings. The predicted octanol–water partition coefficient (Wildman–Crippen LogP) is 2.76. The molecule has 0 aliphatic carbocycles. The van der Waals surface area contributed by atoms with Gasteiger partial charge < -0.3 is 10.4 Å². The Hall–Kier alpha value is -3.36. The van der Waals surface area contributed by atoms with Gasteiger partial charge in [0.1, 0.15) is 6.07 Å². The van der Waals surface area contributed by atoms with Gasteiger partial charge in [-0.05, 0) is 35.2 Å². The molecule has 1 aromatic heterocycles. The van der Waals surface area contributed by atoms with Crippen LogP contribution < -0.4 is 0 Å². The molecule has 5 heteroatoms. The van der Waals surface area contributed by atoms with E-state index in [-0.39, 0.29) is 11.3 Å². The van der Waals surface area contributed by atoms with E-state index in [2.05, 4.69) is 4.98 Å². The van der Waals surface area contributed by atoms with Gasteiger partial charge in [-0.25, -0.2) is 0 Å². The molecule has 0 fully saturated rings. The molecular formula is C15H9N5. The Kier molecular flexibility index (Phi) is 3.61. The molecule has 0 radical (unpaired) electrons. The van der Waals surface area contributed by atoms with Gasteiger partial charge in [-0.15, -0.1) is 0 Å². The number of H-pyrrole nitrogens is 1. The Bertz CT molecular complexity index is 806. The first-order valence-corrected chi connectivity index (χ1v) is 5.76. The fourth-order valence-electron chi connectivity index (χ4n) is 1.81. The molecule has 0 saturated heterocycles. The monoisotopic (exact) mass is 259 g/mol. The highest BCUT2D eigenvalue weighted by molar-refractivity contribution is 6.09. The van der Waals surface area contributed by atoms with E-state index in [1.807, 2.05) is 30.5 Å². The lowest BCUT2D eigenvalue weighted by atomic mass is 9.98. The van der Waals surface area contributed by atoms with Crippen LogP contribution in [0, 0.1) is 45.3 Å². The van der Waals surface area contributed by atoms with Crippen molar-refractivity contribution in [3.05, 3.63) is 41.6 Å². The van der Waals surface area contributed by atoms with Gasteiger partial charge in [0, 0.05) is 11.7 Å². The fraction of sp³-hybridized carbons (Fsp3) is 0.0667. The number of rotatable bonds is 3. The van der Waals surface area contributed by atoms with Gasteiger partial charge in [0.05, 0.1) is 23.4 Å². The Morgan fingerprint density at radius 2 is 1.95 bits per heavy atom. The van der Waals surface area contributed by atoms with Crippen molar-refractivity contribution in [2.24, 2.45) is 5.92 Å². The second-order valence-electron chi connectivity index (χ2n) is 4.10. The van der Waals surface area contributed by atoms with Crippen molar-refractivity contribution in [2.45, 2.75) is 0 Å². The minimum atomic E-state index is -1.23. The van der Waals surface area contributed by atoms with Crippen molar-refractivity contribution in [3.8, 4) is 18.2 Å². The highest BCUT2D eigenvalue weighted by Crippen LogP contribution is 2.17. The number of benzene rings is 1. The standard InChI is InChI=1S/C15H9N5/c16-7-12(15(19)13(8-17)9-18)6-10-1-2-14-11(5-10)3-4-20-14/h1-6,13,19-20H/b12-6+,19-15?. The van der Waals surface area contributed by atoms with Crippen LogP contribution in [0.1, 0.15) is 5.56 Å². The van der Waals surface area contributed by atoms with E-state index in [1.165, 1.54) is 6.08 Å². The van der Waals surface area contributed by atoms with Crippen molar-refractivity contribution in [1.29, 1.82) is 21.2 Å². The maximum Gasteiger partial charge on any atom is 0.175 e. The van der Waals surface area contributed by atoms with Crippen LogP contribution in [0.5, 0.6) is 0 Å². The van der Waals surface area contributed by atoms with Gasteiger partial charge in [0.15, 0.2) is 5.92 Å². The van der Waals surface area contributed by atoms with E-state index < -0.39 is 5.92 Å². The van der Waals surface area contributed by atoms with E-state index in [0.29, 0.717) is 0 Å². The summed E-state index contributed by atoms with van der Waals surface area (Å²) < 4.78 is 0. The van der Waals surface area contributed by atoms with Crippen LogP contribution in [0.4, 0.5) is 0 Å². The first kappa shape index (κ1) is 13.1. The number of nitrogens with zero attached hydrogens (tertiary/aromatic N) is 3. The van der Waals surface area contributed by atoms with Crippen LogP contribution in [0.3, 0.4) is 0 Å². The number of hydrogen-bond donors (Lipinski definition) is 2. The molecule has 0 aliphatic heterocycles. The number of aromatic nitrogens is 1. The Labute approximate surface area is 115 Å². The molecule has 94 valence electrons. The number of fused-ring (bicyclic) bond motifs is 1. The van der Waals surface area contributed by atoms with Gasteiger partial charge in [-0.2, -0.15) is 15.8 Å².